The van der Waals surface area contributed by atoms with Crippen LogP contribution >= 0.6 is 11.3 Å². The second-order valence-electron chi connectivity index (χ2n) is 7.24. The zero-order chi connectivity index (χ0) is 19.7. The molecule has 0 N–H and O–H groups in total. The zero-order valence-corrected chi connectivity index (χ0v) is 17.0. The molecule has 4 nitrogen and oxygen atoms in total. The van der Waals surface area contributed by atoms with E-state index in [0.29, 0.717) is 0 Å². The Labute approximate surface area is 168 Å². The van der Waals surface area contributed by atoms with Crippen LogP contribution in [0.25, 0.3) is 5.69 Å². The molecule has 1 aromatic carbocycles. The van der Waals surface area contributed by atoms with Crippen LogP contribution in [-0.2, 0) is 6.54 Å². The van der Waals surface area contributed by atoms with Gasteiger partial charge in [-0.05, 0) is 55.6 Å². The Morgan fingerprint density at radius 1 is 1.07 bits per heavy atom. The maximum atomic E-state index is 13.3. The monoisotopic (exact) mass is 397 g/mol. The molecule has 2 aromatic heterocycles. The van der Waals surface area contributed by atoms with Crippen LogP contribution in [-0.4, -0.2) is 46.5 Å². The van der Waals surface area contributed by atoms with Gasteiger partial charge in [-0.2, -0.15) is 0 Å². The smallest absolute Gasteiger partial charge is 0.255 e. The average molecular weight is 398 g/mol. The van der Waals surface area contributed by atoms with Crippen molar-refractivity contribution in [3.63, 3.8) is 0 Å². The molecule has 0 radical (unpaired) electrons. The van der Waals surface area contributed by atoms with E-state index in [9.17, 15) is 9.18 Å². The lowest BCUT2D eigenvalue weighted by Gasteiger charge is -2.34. The average Bonchev–Trinajstić information content (AvgIpc) is 3.30. The molecule has 0 aliphatic carbocycles. The lowest BCUT2D eigenvalue weighted by Crippen LogP contribution is -2.48. The van der Waals surface area contributed by atoms with Crippen LogP contribution in [0.4, 0.5) is 4.39 Å². The lowest BCUT2D eigenvalue weighted by molar-refractivity contribution is 0.0629. The van der Waals surface area contributed by atoms with Crippen LogP contribution in [0.5, 0.6) is 0 Å². The fraction of sp³-hybridized carbons (Fsp3) is 0.318. The fourth-order valence-electron chi connectivity index (χ4n) is 3.87. The van der Waals surface area contributed by atoms with Gasteiger partial charge in [-0.25, -0.2) is 4.39 Å². The summed E-state index contributed by atoms with van der Waals surface area (Å²) in [5.74, 6) is -0.180. The summed E-state index contributed by atoms with van der Waals surface area (Å²) in [5.41, 5.74) is 3.48. The van der Waals surface area contributed by atoms with Gasteiger partial charge in [0.15, 0.2) is 0 Å². The van der Waals surface area contributed by atoms with Gasteiger partial charge in [-0.15, -0.1) is 11.3 Å². The van der Waals surface area contributed by atoms with Gasteiger partial charge in [0.2, 0.25) is 0 Å². The van der Waals surface area contributed by atoms with Crippen LogP contribution in [0.1, 0.15) is 26.6 Å². The molecular formula is C22H24FN3OS. The third-order valence-electron chi connectivity index (χ3n) is 5.37. The van der Waals surface area contributed by atoms with E-state index in [4.69, 9.17) is 0 Å². The SMILES string of the molecule is Cc1cc(C(=O)N2CCN(Cc3cccs3)CC2)c(C)n1-c1ccc(F)cc1. The van der Waals surface area contributed by atoms with E-state index < -0.39 is 0 Å². The van der Waals surface area contributed by atoms with Crippen molar-refractivity contribution >= 4 is 17.2 Å². The van der Waals surface area contributed by atoms with E-state index >= 15 is 0 Å². The number of hydrogen-bond donors (Lipinski definition) is 0. The molecule has 0 spiro atoms. The molecule has 1 fully saturated rings. The molecular weight excluding hydrogens is 373 g/mol. The van der Waals surface area contributed by atoms with Crippen molar-refractivity contribution in [2.45, 2.75) is 20.4 Å². The van der Waals surface area contributed by atoms with Crippen LogP contribution in [0.3, 0.4) is 0 Å². The number of benzene rings is 1. The van der Waals surface area contributed by atoms with Crippen LogP contribution in [0, 0.1) is 19.7 Å². The topological polar surface area (TPSA) is 28.5 Å². The minimum absolute atomic E-state index is 0.0808. The lowest BCUT2D eigenvalue weighted by atomic mass is 10.2. The van der Waals surface area contributed by atoms with Crippen LogP contribution in [0.15, 0.2) is 47.8 Å². The van der Waals surface area contributed by atoms with Crippen LogP contribution < -0.4 is 0 Å². The predicted octanol–water partition coefficient (Wildman–Crippen LogP) is 4.25. The van der Waals surface area contributed by atoms with Gasteiger partial charge in [0.1, 0.15) is 5.82 Å². The van der Waals surface area contributed by atoms with Gasteiger partial charge in [0.05, 0.1) is 5.56 Å². The number of amides is 1. The largest absolute Gasteiger partial charge is 0.336 e. The number of nitrogens with zero attached hydrogens (tertiary/aromatic N) is 3. The Morgan fingerprint density at radius 2 is 1.79 bits per heavy atom. The molecule has 6 heteroatoms. The predicted molar refractivity (Wildman–Crippen MR) is 111 cm³/mol. The van der Waals surface area contributed by atoms with Gasteiger partial charge in [-0.3, -0.25) is 9.69 Å². The molecule has 1 aliphatic rings. The van der Waals surface area contributed by atoms with Gasteiger partial charge in [0.25, 0.3) is 5.91 Å². The highest BCUT2D eigenvalue weighted by molar-refractivity contribution is 7.09. The summed E-state index contributed by atoms with van der Waals surface area (Å²) >= 11 is 1.78. The Balaban J connectivity index is 1.47. The molecule has 0 bridgehead atoms. The number of aryl methyl sites for hydroxylation is 1. The standard InChI is InChI=1S/C22H24FN3OS/c1-16-14-21(17(2)26(16)19-7-5-18(23)6-8-19)22(27)25-11-9-24(10-12-25)15-20-4-3-13-28-20/h3-8,13-14H,9-12,15H2,1-2H3. The third-order valence-corrected chi connectivity index (χ3v) is 6.23. The second-order valence-corrected chi connectivity index (χ2v) is 8.28. The normalized spacial score (nSPS) is 15.2. The number of carbonyl (C=O) groups is 1. The summed E-state index contributed by atoms with van der Waals surface area (Å²) in [4.78, 5) is 18.8. The summed E-state index contributed by atoms with van der Waals surface area (Å²) in [6.45, 7) is 8.15. The molecule has 1 amide bonds. The molecule has 1 saturated heterocycles. The molecule has 0 atom stereocenters. The molecule has 28 heavy (non-hydrogen) atoms. The highest BCUT2D eigenvalue weighted by Crippen LogP contribution is 2.23. The number of halogens is 1. The first-order chi connectivity index (χ1) is 13.5. The van der Waals surface area contributed by atoms with Crippen molar-refractivity contribution in [3.8, 4) is 5.69 Å². The minimum Gasteiger partial charge on any atom is -0.336 e. The first-order valence-electron chi connectivity index (χ1n) is 9.52. The summed E-state index contributed by atoms with van der Waals surface area (Å²) in [6.07, 6.45) is 0. The minimum atomic E-state index is -0.261. The summed E-state index contributed by atoms with van der Waals surface area (Å²) < 4.78 is 15.3. The second kappa shape index (κ2) is 7.89. The molecule has 0 saturated carbocycles. The number of carbonyl (C=O) groups excluding carboxylic acids is 1. The Morgan fingerprint density at radius 3 is 2.43 bits per heavy atom. The number of aromatic nitrogens is 1. The van der Waals surface area contributed by atoms with E-state index in [1.807, 2.05) is 29.4 Å². The third kappa shape index (κ3) is 3.75. The zero-order valence-electron chi connectivity index (χ0n) is 16.2. The first-order valence-corrected chi connectivity index (χ1v) is 10.4. The van der Waals surface area contributed by atoms with E-state index in [0.717, 1.165) is 55.4 Å². The number of rotatable bonds is 4. The molecule has 3 aromatic rings. The molecule has 3 heterocycles. The number of thiophene rings is 1. The van der Waals surface area contributed by atoms with Crippen molar-refractivity contribution in [2.75, 3.05) is 26.2 Å². The van der Waals surface area contributed by atoms with Gasteiger partial charge in [-0.1, -0.05) is 6.07 Å². The highest BCUT2D eigenvalue weighted by Gasteiger charge is 2.25. The van der Waals surface area contributed by atoms with Crippen molar-refractivity contribution in [1.29, 1.82) is 0 Å². The van der Waals surface area contributed by atoms with Crippen LogP contribution in [0.2, 0.25) is 0 Å². The Kier molecular flexibility index (Phi) is 5.33. The van der Waals surface area contributed by atoms with E-state index in [2.05, 4.69) is 22.4 Å². The Hall–Kier alpha value is -2.44. The molecule has 0 unspecified atom stereocenters. The van der Waals surface area contributed by atoms with Gasteiger partial charge >= 0.3 is 0 Å². The maximum Gasteiger partial charge on any atom is 0.255 e. The first kappa shape index (κ1) is 18.9. The number of hydrogen-bond acceptors (Lipinski definition) is 3. The molecule has 1 aliphatic heterocycles. The van der Waals surface area contributed by atoms with Crippen molar-refractivity contribution in [3.05, 3.63) is 75.5 Å². The Bertz CT molecular complexity index is 955. The molecule has 4 rings (SSSR count). The van der Waals surface area contributed by atoms with Crippen molar-refractivity contribution in [1.82, 2.24) is 14.4 Å². The van der Waals surface area contributed by atoms with Crippen molar-refractivity contribution < 1.29 is 9.18 Å². The van der Waals surface area contributed by atoms with E-state index in [1.165, 1.54) is 17.0 Å². The fourth-order valence-corrected chi connectivity index (χ4v) is 4.62. The van der Waals surface area contributed by atoms with Crippen molar-refractivity contribution in [2.24, 2.45) is 0 Å². The van der Waals surface area contributed by atoms with Gasteiger partial charge in [0, 0.05) is 54.7 Å². The summed E-state index contributed by atoms with van der Waals surface area (Å²) in [7, 11) is 0. The summed E-state index contributed by atoms with van der Waals surface area (Å²) in [5, 5.41) is 2.10. The van der Waals surface area contributed by atoms with Gasteiger partial charge < -0.3 is 9.47 Å². The quantitative estimate of drug-likeness (QED) is 0.658. The highest BCUT2D eigenvalue weighted by atomic mass is 32.1. The molecule has 146 valence electrons. The number of piperazine rings is 1. The summed E-state index contributed by atoms with van der Waals surface area (Å²) in [6, 6.07) is 12.6. The van der Waals surface area contributed by atoms with E-state index in [-0.39, 0.29) is 11.7 Å². The maximum absolute atomic E-state index is 13.3. The van der Waals surface area contributed by atoms with E-state index in [1.54, 1.807) is 23.5 Å².